The van der Waals surface area contributed by atoms with Crippen LogP contribution in [0.3, 0.4) is 0 Å². The summed E-state index contributed by atoms with van der Waals surface area (Å²) in [6.07, 6.45) is 2.36. The van der Waals surface area contributed by atoms with Crippen LogP contribution in [0.15, 0.2) is 35.7 Å². The first-order chi connectivity index (χ1) is 13.7. The first-order valence-electron chi connectivity index (χ1n) is 9.50. The zero-order valence-electron chi connectivity index (χ0n) is 16.2. The average molecular weight is 400 g/mol. The molecule has 0 saturated carbocycles. The summed E-state index contributed by atoms with van der Waals surface area (Å²) in [5.74, 6) is 2.92. The van der Waals surface area contributed by atoms with Crippen LogP contribution in [0, 0.1) is 5.92 Å². The van der Waals surface area contributed by atoms with Gasteiger partial charge in [0.25, 0.3) is 0 Å². The smallest absolute Gasteiger partial charge is 0.214 e. The van der Waals surface area contributed by atoms with E-state index in [9.17, 15) is 0 Å². The molecule has 28 heavy (non-hydrogen) atoms. The minimum absolute atomic E-state index is 0.517. The molecular weight excluding hydrogens is 374 g/mol. The zero-order valence-corrected chi connectivity index (χ0v) is 17.1. The van der Waals surface area contributed by atoms with Gasteiger partial charge in [-0.05, 0) is 48.0 Å². The number of nitrogens with zero attached hydrogens (tertiary/aromatic N) is 5. The molecule has 1 atom stereocenters. The van der Waals surface area contributed by atoms with Crippen molar-refractivity contribution in [2.45, 2.75) is 25.9 Å². The fourth-order valence-electron chi connectivity index (χ4n) is 3.72. The Kier molecular flexibility index (Phi) is 5.87. The normalized spacial score (nSPS) is 17.6. The summed E-state index contributed by atoms with van der Waals surface area (Å²) in [6.45, 7) is 3.78. The number of benzene rings is 1. The van der Waals surface area contributed by atoms with Crippen LogP contribution in [0.2, 0.25) is 0 Å². The Hall–Kier alpha value is -2.45. The number of likely N-dealkylation sites (tertiary alicyclic amines) is 1. The first kappa shape index (κ1) is 18.9. The molecule has 1 saturated heterocycles. The lowest BCUT2D eigenvalue weighted by molar-refractivity contribution is 0.148. The largest absolute Gasteiger partial charge is 0.497 e. The molecule has 1 aromatic carbocycles. The molecule has 0 aliphatic carbocycles. The fraction of sp³-hybridized carbons (Fsp3) is 0.450. The summed E-state index contributed by atoms with van der Waals surface area (Å²) in [5.41, 5.74) is 1.18. The molecule has 7 nitrogen and oxygen atoms in total. The molecule has 0 unspecified atom stereocenters. The molecule has 4 rings (SSSR count). The van der Waals surface area contributed by atoms with E-state index in [-0.39, 0.29) is 0 Å². The van der Waals surface area contributed by atoms with E-state index in [4.69, 9.17) is 9.47 Å². The highest BCUT2D eigenvalue weighted by atomic mass is 32.1. The lowest BCUT2D eigenvalue weighted by atomic mass is 9.97. The van der Waals surface area contributed by atoms with Gasteiger partial charge < -0.3 is 9.47 Å². The van der Waals surface area contributed by atoms with Crippen LogP contribution < -0.4 is 9.47 Å². The van der Waals surface area contributed by atoms with Gasteiger partial charge in [0.2, 0.25) is 5.82 Å². The number of tetrazole rings is 1. The molecule has 0 spiro atoms. The van der Waals surface area contributed by atoms with E-state index in [1.54, 1.807) is 30.4 Å². The zero-order chi connectivity index (χ0) is 19.3. The maximum Gasteiger partial charge on any atom is 0.214 e. The molecule has 0 bridgehead atoms. The van der Waals surface area contributed by atoms with Crippen LogP contribution in [-0.2, 0) is 13.1 Å². The highest BCUT2D eigenvalue weighted by Gasteiger charge is 2.22. The molecule has 1 fully saturated rings. The van der Waals surface area contributed by atoms with Crippen molar-refractivity contribution >= 4 is 11.3 Å². The van der Waals surface area contributed by atoms with Crippen molar-refractivity contribution in [2.24, 2.45) is 5.92 Å². The van der Waals surface area contributed by atoms with Crippen LogP contribution >= 0.6 is 11.3 Å². The van der Waals surface area contributed by atoms with Gasteiger partial charge in [0.05, 0.1) is 25.6 Å². The van der Waals surface area contributed by atoms with Gasteiger partial charge in [-0.3, -0.25) is 4.90 Å². The quantitative estimate of drug-likeness (QED) is 0.607. The Morgan fingerprint density at radius 2 is 2.14 bits per heavy atom. The van der Waals surface area contributed by atoms with Crippen LogP contribution in [0.25, 0.3) is 10.7 Å². The Morgan fingerprint density at radius 1 is 1.21 bits per heavy atom. The predicted molar refractivity (Wildman–Crippen MR) is 109 cm³/mol. The second kappa shape index (κ2) is 8.70. The topological polar surface area (TPSA) is 65.3 Å². The summed E-state index contributed by atoms with van der Waals surface area (Å²) in [5, 5.41) is 15.0. The number of hydrogen-bond acceptors (Lipinski definition) is 7. The Balaban J connectivity index is 1.38. The minimum Gasteiger partial charge on any atom is -0.497 e. The fourth-order valence-corrected chi connectivity index (χ4v) is 4.37. The van der Waals surface area contributed by atoms with Crippen molar-refractivity contribution < 1.29 is 9.47 Å². The number of aromatic nitrogens is 4. The van der Waals surface area contributed by atoms with Gasteiger partial charge in [-0.2, -0.15) is 4.80 Å². The molecule has 0 radical (unpaired) electrons. The van der Waals surface area contributed by atoms with Crippen molar-refractivity contribution in [3.05, 3.63) is 41.3 Å². The SMILES string of the molecule is COc1ccc(CN2CCC[C@H](Cn3nnc(-c4cccs4)n3)C2)c(OC)c1. The van der Waals surface area contributed by atoms with Crippen molar-refractivity contribution in [1.29, 1.82) is 0 Å². The van der Waals surface area contributed by atoms with Crippen LogP contribution in [0.5, 0.6) is 11.5 Å². The van der Waals surface area contributed by atoms with Gasteiger partial charge in [-0.25, -0.2) is 0 Å². The van der Waals surface area contributed by atoms with E-state index in [0.29, 0.717) is 11.7 Å². The maximum absolute atomic E-state index is 5.55. The summed E-state index contributed by atoms with van der Waals surface area (Å²) in [7, 11) is 3.38. The van der Waals surface area contributed by atoms with Gasteiger partial charge in [-0.1, -0.05) is 12.1 Å². The number of ether oxygens (including phenoxy) is 2. The standard InChI is InChI=1S/C20H25N5O2S/c1-26-17-8-7-16(18(11-17)27-2)14-24-9-3-5-15(12-24)13-25-22-20(21-23-25)19-6-4-10-28-19/h4,6-8,10-11,15H,3,5,9,12-14H2,1-2H3/t15-/m0/s1. The predicted octanol–water partition coefficient (Wildman–Crippen LogP) is 3.33. The van der Waals surface area contributed by atoms with Gasteiger partial charge >= 0.3 is 0 Å². The molecular formula is C20H25N5O2S. The van der Waals surface area contributed by atoms with E-state index >= 15 is 0 Å². The van der Waals surface area contributed by atoms with E-state index in [0.717, 1.165) is 42.6 Å². The van der Waals surface area contributed by atoms with Crippen LogP contribution in [0.1, 0.15) is 18.4 Å². The first-order valence-corrected chi connectivity index (χ1v) is 10.4. The van der Waals surface area contributed by atoms with Crippen molar-refractivity contribution in [1.82, 2.24) is 25.1 Å². The van der Waals surface area contributed by atoms with Gasteiger partial charge in [0, 0.05) is 24.7 Å². The number of piperidine rings is 1. The van der Waals surface area contributed by atoms with Gasteiger partial charge in [0.1, 0.15) is 11.5 Å². The van der Waals surface area contributed by atoms with E-state index in [2.05, 4.69) is 26.4 Å². The third-order valence-corrected chi connectivity index (χ3v) is 5.97. The van der Waals surface area contributed by atoms with Gasteiger partial charge in [-0.15, -0.1) is 21.5 Å². The van der Waals surface area contributed by atoms with Crippen LogP contribution in [0.4, 0.5) is 0 Å². The highest BCUT2D eigenvalue weighted by Crippen LogP contribution is 2.28. The molecule has 1 aliphatic rings. The molecule has 148 valence electrons. The average Bonchev–Trinajstić information content (AvgIpc) is 3.40. The molecule has 8 heteroatoms. The number of rotatable bonds is 7. The lowest BCUT2D eigenvalue weighted by Gasteiger charge is -2.32. The monoisotopic (exact) mass is 399 g/mol. The maximum atomic E-state index is 5.55. The summed E-state index contributed by atoms with van der Waals surface area (Å²) < 4.78 is 10.9. The van der Waals surface area contributed by atoms with Crippen molar-refractivity contribution in [2.75, 3.05) is 27.3 Å². The second-order valence-electron chi connectivity index (χ2n) is 7.07. The van der Waals surface area contributed by atoms with Crippen molar-refractivity contribution in [3.8, 4) is 22.2 Å². The molecule has 2 aromatic heterocycles. The number of thiophene rings is 1. The Morgan fingerprint density at radius 3 is 2.93 bits per heavy atom. The molecule has 0 N–H and O–H groups in total. The molecule has 1 aliphatic heterocycles. The molecule has 0 amide bonds. The van der Waals surface area contributed by atoms with E-state index < -0.39 is 0 Å². The Bertz CT molecular complexity index is 896. The lowest BCUT2D eigenvalue weighted by Crippen LogP contribution is -2.37. The summed E-state index contributed by atoms with van der Waals surface area (Å²) >= 11 is 1.64. The number of methoxy groups -OCH3 is 2. The molecule has 3 heterocycles. The third-order valence-electron chi connectivity index (χ3n) is 5.11. The van der Waals surface area contributed by atoms with E-state index in [1.165, 1.54) is 18.4 Å². The minimum atomic E-state index is 0.517. The third kappa shape index (κ3) is 4.34. The van der Waals surface area contributed by atoms with Crippen LogP contribution in [-0.4, -0.2) is 52.4 Å². The van der Waals surface area contributed by atoms with Gasteiger partial charge in [0.15, 0.2) is 0 Å². The summed E-state index contributed by atoms with van der Waals surface area (Å²) in [6, 6.07) is 10.1. The van der Waals surface area contributed by atoms with Crippen molar-refractivity contribution in [3.63, 3.8) is 0 Å². The number of hydrogen-bond donors (Lipinski definition) is 0. The molecule has 3 aromatic rings. The second-order valence-corrected chi connectivity index (χ2v) is 8.01. The highest BCUT2D eigenvalue weighted by molar-refractivity contribution is 7.13. The summed E-state index contributed by atoms with van der Waals surface area (Å²) in [4.78, 5) is 5.29. The van der Waals surface area contributed by atoms with E-state index in [1.807, 2.05) is 29.6 Å². The Labute approximate surface area is 168 Å².